The summed E-state index contributed by atoms with van der Waals surface area (Å²) in [6, 6.07) is 17.8. The Labute approximate surface area is 228 Å². The van der Waals surface area contributed by atoms with Crippen molar-refractivity contribution in [2.24, 2.45) is 0 Å². The van der Waals surface area contributed by atoms with Gasteiger partial charge in [0.2, 0.25) is 15.9 Å². The molecule has 9 heteroatoms. The van der Waals surface area contributed by atoms with Gasteiger partial charge in [-0.2, -0.15) is 4.31 Å². The summed E-state index contributed by atoms with van der Waals surface area (Å²) < 4.78 is 29.2. The predicted octanol–water partition coefficient (Wildman–Crippen LogP) is 5.68. The number of thiophene rings is 1. The van der Waals surface area contributed by atoms with Crippen LogP contribution in [0.2, 0.25) is 0 Å². The molecule has 3 aromatic rings. The summed E-state index contributed by atoms with van der Waals surface area (Å²) >= 11 is 1.36. The van der Waals surface area contributed by atoms with Gasteiger partial charge in [0.15, 0.2) is 0 Å². The number of piperidine rings is 1. The summed E-state index contributed by atoms with van der Waals surface area (Å²) in [6.45, 7) is 11.0. The van der Waals surface area contributed by atoms with Gasteiger partial charge in [0.25, 0.3) is 5.91 Å². The van der Waals surface area contributed by atoms with E-state index in [1.165, 1.54) is 29.5 Å². The van der Waals surface area contributed by atoms with E-state index >= 15 is 0 Å². The number of hydrogen-bond acceptors (Lipinski definition) is 5. The fourth-order valence-corrected chi connectivity index (χ4v) is 8.47. The molecule has 2 heterocycles. The molecule has 1 aliphatic heterocycles. The Balaban J connectivity index is 1.50. The summed E-state index contributed by atoms with van der Waals surface area (Å²) in [5, 5.41) is 7.72. The Kier molecular flexibility index (Phi) is 7.65. The Morgan fingerprint density at radius 2 is 1.58 bits per heavy atom. The van der Waals surface area contributed by atoms with E-state index in [2.05, 4.69) is 17.2 Å². The van der Waals surface area contributed by atoms with Crippen molar-refractivity contribution in [1.82, 2.24) is 9.62 Å². The largest absolute Gasteiger partial charge is 0.350 e. The van der Waals surface area contributed by atoms with Gasteiger partial charge in [-0.15, -0.1) is 11.3 Å². The number of carbonyl (C=O) groups excluding carboxylic acids is 2. The second-order valence-corrected chi connectivity index (χ2v) is 13.5. The summed E-state index contributed by atoms with van der Waals surface area (Å²) in [5.74, 6) is -0.520. The minimum Gasteiger partial charge on any atom is -0.350 e. The normalized spacial score (nSPS) is 17.5. The van der Waals surface area contributed by atoms with Crippen LogP contribution >= 0.6 is 11.3 Å². The molecule has 7 nitrogen and oxygen atoms in total. The zero-order valence-electron chi connectivity index (χ0n) is 22.0. The fourth-order valence-electron chi connectivity index (χ4n) is 5.52. The van der Waals surface area contributed by atoms with Crippen LogP contribution in [-0.2, 0) is 14.8 Å². The molecule has 0 atom stereocenters. The maximum Gasteiger partial charge on any atom is 0.265 e. The van der Waals surface area contributed by atoms with Crippen LogP contribution in [0.4, 0.5) is 5.69 Å². The predicted molar refractivity (Wildman–Crippen MR) is 153 cm³/mol. The molecule has 1 aromatic heterocycles. The zero-order valence-corrected chi connectivity index (χ0v) is 23.7. The van der Waals surface area contributed by atoms with E-state index in [9.17, 15) is 18.0 Å². The molecule has 1 saturated heterocycles. The van der Waals surface area contributed by atoms with Crippen LogP contribution in [0.3, 0.4) is 0 Å². The standard InChI is InChI=1S/C29H33N3O4S2/c1-6-26(33)30-23-17-28(2,3)32(29(4,5)18-23)38(35,36)24-14-12-22(13-15-24)31-27(34)25-16-21(19-37-25)20-10-8-7-9-11-20/h6-16,19,23H,1,17-18H2,2-5H3,(H,30,33)(H,31,34). The van der Waals surface area contributed by atoms with Gasteiger partial charge in [-0.3, -0.25) is 9.59 Å². The molecule has 0 radical (unpaired) electrons. The highest BCUT2D eigenvalue weighted by atomic mass is 32.2. The smallest absolute Gasteiger partial charge is 0.265 e. The molecule has 4 rings (SSSR count). The van der Waals surface area contributed by atoms with Gasteiger partial charge in [-0.05, 0) is 93.5 Å². The zero-order chi connectivity index (χ0) is 27.7. The molecular weight excluding hydrogens is 518 g/mol. The van der Waals surface area contributed by atoms with E-state index in [1.54, 1.807) is 16.4 Å². The van der Waals surface area contributed by atoms with Crippen molar-refractivity contribution in [3.63, 3.8) is 0 Å². The molecule has 0 spiro atoms. The van der Waals surface area contributed by atoms with Crippen LogP contribution in [0.25, 0.3) is 11.1 Å². The number of nitrogens with zero attached hydrogens (tertiary/aromatic N) is 1. The molecule has 38 heavy (non-hydrogen) atoms. The van der Waals surface area contributed by atoms with Crippen LogP contribution < -0.4 is 10.6 Å². The summed E-state index contributed by atoms with van der Waals surface area (Å²) in [4.78, 5) is 25.4. The summed E-state index contributed by atoms with van der Waals surface area (Å²) in [7, 11) is -3.87. The van der Waals surface area contributed by atoms with Crippen molar-refractivity contribution in [2.75, 3.05) is 5.32 Å². The first kappa shape index (κ1) is 27.8. The van der Waals surface area contributed by atoms with Gasteiger partial charge in [-0.1, -0.05) is 36.9 Å². The molecule has 0 saturated carbocycles. The third-order valence-corrected chi connectivity index (χ3v) is 9.97. The van der Waals surface area contributed by atoms with Crippen molar-refractivity contribution in [3.8, 4) is 11.1 Å². The van der Waals surface area contributed by atoms with E-state index in [4.69, 9.17) is 0 Å². The topological polar surface area (TPSA) is 95.6 Å². The number of amides is 2. The maximum atomic E-state index is 13.8. The van der Waals surface area contributed by atoms with Crippen molar-refractivity contribution in [1.29, 1.82) is 0 Å². The van der Waals surface area contributed by atoms with Crippen molar-refractivity contribution in [3.05, 3.63) is 83.6 Å². The monoisotopic (exact) mass is 551 g/mol. The number of benzene rings is 2. The van der Waals surface area contributed by atoms with Gasteiger partial charge in [0.1, 0.15) is 0 Å². The number of anilines is 1. The fraction of sp³-hybridized carbons (Fsp3) is 0.310. The molecule has 200 valence electrons. The van der Waals surface area contributed by atoms with Crippen molar-refractivity contribution < 1.29 is 18.0 Å². The summed E-state index contributed by atoms with van der Waals surface area (Å²) in [5.41, 5.74) is 1.02. The average Bonchev–Trinajstić information content (AvgIpc) is 3.33. The van der Waals surface area contributed by atoms with Crippen LogP contribution in [0.15, 0.2) is 83.6 Å². The molecule has 0 aliphatic carbocycles. The van der Waals surface area contributed by atoms with E-state index < -0.39 is 21.1 Å². The lowest BCUT2D eigenvalue weighted by Gasteiger charge is -2.53. The van der Waals surface area contributed by atoms with Gasteiger partial charge < -0.3 is 10.6 Å². The number of carbonyl (C=O) groups is 2. The van der Waals surface area contributed by atoms with Crippen LogP contribution in [0.1, 0.15) is 50.2 Å². The first-order chi connectivity index (χ1) is 17.8. The summed E-state index contributed by atoms with van der Waals surface area (Å²) in [6.07, 6.45) is 2.16. The molecule has 2 N–H and O–H groups in total. The van der Waals surface area contributed by atoms with E-state index in [-0.39, 0.29) is 22.8 Å². The Bertz CT molecular complexity index is 1420. The SMILES string of the molecule is C=CC(=O)NC1CC(C)(C)N(S(=O)(=O)c2ccc(NC(=O)c3cc(-c4ccccc4)cs3)cc2)C(C)(C)C1. The Morgan fingerprint density at radius 3 is 2.16 bits per heavy atom. The number of sulfonamides is 1. The third kappa shape index (κ3) is 5.75. The van der Waals surface area contributed by atoms with Gasteiger partial charge >= 0.3 is 0 Å². The maximum absolute atomic E-state index is 13.8. The van der Waals surface area contributed by atoms with Crippen molar-refractivity contribution >= 4 is 38.9 Å². The lowest BCUT2D eigenvalue weighted by molar-refractivity contribution is -0.118. The highest BCUT2D eigenvalue weighted by Crippen LogP contribution is 2.42. The molecule has 0 bridgehead atoms. The molecule has 1 fully saturated rings. The Morgan fingerprint density at radius 1 is 0.974 bits per heavy atom. The average molecular weight is 552 g/mol. The highest BCUT2D eigenvalue weighted by molar-refractivity contribution is 7.89. The second kappa shape index (κ2) is 10.5. The van der Waals surface area contributed by atoms with E-state index in [1.807, 2.05) is 69.5 Å². The molecule has 1 aliphatic rings. The van der Waals surface area contributed by atoms with E-state index in [0.717, 1.165) is 11.1 Å². The second-order valence-electron chi connectivity index (χ2n) is 10.8. The quantitative estimate of drug-likeness (QED) is 0.369. The number of rotatable bonds is 7. The number of hydrogen-bond donors (Lipinski definition) is 2. The first-order valence-corrected chi connectivity index (χ1v) is 14.7. The van der Waals surface area contributed by atoms with Gasteiger partial charge in [0, 0.05) is 22.8 Å². The first-order valence-electron chi connectivity index (χ1n) is 12.4. The van der Waals surface area contributed by atoms with E-state index in [0.29, 0.717) is 23.4 Å². The molecule has 2 amide bonds. The third-order valence-electron chi connectivity index (χ3n) is 6.70. The van der Waals surface area contributed by atoms with Crippen LogP contribution in [0, 0.1) is 0 Å². The minimum atomic E-state index is -3.87. The van der Waals surface area contributed by atoms with Crippen LogP contribution in [0.5, 0.6) is 0 Å². The lowest BCUT2D eigenvalue weighted by atomic mass is 9.79. The number of nitrogens with one attached hydrogen (secondary N) is 2. The molecule has 0 unspecified atom stereocenters. The lowest BCUT2D eigenvalue weighted by Crippen LogP contribution is -2.65. The van der Waals surface area contributed by atoms with Gasteiger partial charge in [-0.25, -0.2) is 8.42 Å². The van der Waals surface area contributed by atoms with Crippen molar-refractivity contribution in [2.45, 2.75) is 62.6 Å². The van der Waals surface area contributed by atoms with Crippen LogP contribution in [-0.4, -0.2) is 41.7 Å². The van der Waals surface area contributed by atoms with Gasteiger partial charge in [0.05, 0.1) is 9.77 Å². The Hall–Kier alpha value is -3.27. The molecule has 2 aromatic carbocycles. The minimum absolute atomic E-state index is 0.146. The molecular formula is C29H33N3O4S2. The highest BCUT2D eigenvalue weighted by Gasteiger charge is 2.51.